The first-order chi connectivity index (χ1) is 9.26. The number of hydrogen-bond acceptors (Lipinski definition) is 3. The molecule has 2 aromatic rings. The number of pyridine rings is 1. The van der Waals surface area contributed by atoms with Crippen LogP contribution in [0.2, 0.25) is 0 Å². The minimum absolute atomic E-state index is 0.150. The van der Waals surface area contributed by atoms with E-state index in [2.05, 4.69) is 41.5 Å². The van der Waals surface area contributed by atoms with Crippen molar-refractivity contribution in [2.75, 3.05) is 14.2 Å². The predicted molar refractivity (Wildman–Crippen MR) is 77.5 cm³/mol. The number of likely N-dealkylation sites (N-methyl/N-ethyl adjacent to an activating group) is 1. The normalized spacial score (nSPS) is 12.2. The van der Waals surface area contributed by atoms with Gasteiger partial charge in [0.25, 0.3) is 0 Å². The van der Waals surface area contributed by atoms with Gasteiger partial charge in [0.15, 0.2) is 0 Å². The van der Waals surface area contributed by atoms with Crippen LogP contribution in [0.15, 0.2) is 42.6 Å². The van der Waals surface area contributed by atoms with Gasteiger partial charge in [0.2, 0.25) is 0 Å². The van der Waals surface area contributed by atoms with Crippen molar-refractivity contribution in [2.24, 2.45) is 0 Å². The molecule has 19 heavy (non-hydrogen) atoms. The summed E-state index contributed by atoms with van der Waals surface area (Å²) in [6, 6.07) is 12.4. The number of benzene rings is 1. The van der Waals surface area contributed by atoms with Gasteiger partial charge >= 0.3 is 0 Å². The molecule has 3 heteroatoms. The zero-order valence-corrected chi connectivity index (χ0v) is 11.7. The molecule has 0 bridgehead atoms. The van der Waals surface area contributed by atoms with Crippen molar-refractivity contribution in [3.8, 4) is 5.75 Å². The quantitative estimate of drug-likeness (QED) is 0.893. The zero-order valence-electron chi connectivity index (χ0n) is 11.7. The molecule has 1 N–H and O–H groups in total. The summed E-state index contributed by atoms with van der Waals surface area (Å²) in [6.45, 7) is 2.14. The predicted octanol–water partition coefficient (Wildman–Crippen LogP) is 2.90. The van der Waals surface area contributed by atoms with Crippen LogP contribution in [0.5, 0.6) is 5.75 Å². The average molecular weight is 256 g/mol. The maximum atomic E-state index is 5.39. The fourth-order valence-electron chi connectivity index (χ4n) is 2.23. The van der Waals surface area contributed by atoms with E-state index in [0.717, 1.165) is 17.9 Å². The summed E-state index contributed by atoms with van der Waals surface area (Å²) in [4.78, 5) is 4.46. The van der Waals surface area contributed by atoms with E-state index < -0.39 is 0 Å². The van der Waals surface area contributed by atoms with Crippen molar-refractivity contribution < 1.29 is 4.74 Å². The van der Waals surface area contributed by atoms with Crippen molar-refractivity contribution in [2.45, 2.75) is 19.4 Å². The number of hydrogen-bond donors (Lipinski definition) is 1. The molecule has 3 nitrogen and oxygen atoms in total. The summed E-state index contributed by atoms with van der Waals surface area (Å²) in [6.07, 6.45) is 2.70. The molecule has 0 fully saturated rings. The molecule has 0 aliphatic heterocycles. The van der Waals surface area contributed by atoms with Crippen molar-refractivity contribution in [1.29, 1.82) is 0 Å². The van der Waals surface area contributed by atoms with Crippen molar-refractivity contribution in [1.82, 2.24) is 10.3 Å². The Morgan fingerprint density at radius 1 is 1.21 bits per heavy atom. The van der Waals surface area contributed by atoms with E-state index in [1.54, 1.807) is 13.3 Å². The summed E-state index contributed by atoms with van der Waals surface area (Å²) in [5, 5.41) is 3.33. The molecule has 1 heterocycles. The van der Waals surface area contributed by atoms with E-state index in [4.69, 9.17) is 4.74 Å². The maximum absolute atomic E-state index is 5.39. The Morgan fingerprint density at radius 3 is 2.68 bits per heavy atom. The lowest BCUT2D eigenvalue weighted by atomic mass is 9.98. The third-order valence-electron chi connectivity index (χ3n) is 3.38. The number of nitrogens with one attached hydrogen (secondary N) is 1. The molecule has 2 rings (SSSR count). The topological polar surface area (TPSA) is 34.2 Å². The van der Waals surface area contributed by atoms with Gasteiger partial charge in [0.05, 0.1) is 18.8 Å². The third kappa shape index (κ3) is 3.12. The summed E-state index contributed by atoms with van der Waals surface area (Å²) in [7, 11) is 3.64. The number of aryl methyl sites for hydroxylation is 1. The summed E-state index contributed by atoms with van der Waals surface area (Å²) in [5.41, 5.74) is 3.59. The molecule has 0 saturated carbocycles. The van der Waals surface area contributed by atoms with Gasteiger partial charge in [-0.05, 0) is 43.7 Å². The highest BCUT2D eigenvalue weighted by Crippen LogP contribution is 2.25. The van der Waals surface area contributed by atoms with Crippen molar-refractivity contribution in [3.63, 3.8) is 0 Å². The van der Waals surface area contributed by atoms with Gasteiger partial charge in [0.1, 0.15) is 5.75 Å². The second-order valence-corrected chi connectivity index (χ2v) is 4.56. The van der Waals surface area contributed by atoms with E-state index in [9.17, 15) is 0 Å². The van der Waals surface area contributed by atoms with Gasteiger partial charge in [-0.25, -0.2) is 0 Å². The number of nitrogens with zero attached hydrogens (tertiary/aromatic N) is 1. The summed E-state index contributed by atoms with van der Waals surface area (Å²) < 4.78 is 5.39. The minimum atomic E-state index is 0.150. The van der Waals surface area contributed by atoms with E-state index in [-0.39, 0.29) is 6.04 Å². The van der Waals surface area contributed by atoms with Crippen molar-refractivity contribution in [3.05, 3.63) is 59.4 Å². The molecule has 0 amide bonds. The van der Waals surface area contributed by atoms with E-state index in [1.807, 2.05) is 19.2 Å². The zero-order chi connectivity index (χ0) is 13.7. The first-order valence-electron chi connectivity index (χ1n) is 6.47. The second kappa shape index (κ2) is 6.34. The number of methoxy groups -OCH3 is 1. The average Bonchev–Trinajstić information content (AvgIpc) is 2.46. The Kier molecular flexibility index (Phi) is 4.53. The molecule has 0 aliphatic carbocycles. The third-order valence-corrected chi connectivity index (χ3v) is 3.38. The Bertz CT molecular complexity index is 540. The molecular weight excluding hydrogens is 236 g/mol. The van der Waals surface area contributed by atoms with Gasteiger partial charge in [-0.3, -0.25) is 4.98 Å². The molecule has 0 radical (unpaired) electrons. The maximum Gasteiger partial charge on any atom is 0.141 e. The monoisotopic (exact) mass is 256 g/mol. The Hall–Kier alpha value is -1.87. The largest absolute Gasteiger partial charge is 0.495 e. The smallest absolute Gasteiger partial charge is 0.141 e. The second-order valence-electron chi connectivity index (χ2n) is 4.56. The first-order valence-corrected chi connectivity index (χ1v) is 6.47. The standard InChI is InChI=1S/C16H20N2O/c1-12-7-4-5-8-13(12)11-14(17-2)16-15(19-3)9-6-10-18-16/h4-10,14,17H,11H2,1-3H3. The first kappa shape index (κ1) is 13.6. The number of ether oxygens (including phenoxy) is 1. The molecule has 1 aromatic heterocycles. The highest BCUT2D eigenvalue weighted by Gasteiger charge is 2.16. The number of aromatic nitrogens is 1. The lowest BCUT2D eigenvalue weighted by Gasteiger charge is -2.19. The molecule has 100 valence electrons. The fraction of sp³-hybridized carbons (Fsp3) is 0.312. The molecule has 1 unspecified atom stereocenters. The Balaban J connectivity index is 2.28. The molecule has 1 aromatic carbocycles. The van der Waals surface area contributed by atoms with Crippen LogP contribution < -0.4 is 10.1 Å². The van der Waals surface area contributed by atoms with Gasteiger partial charge in [-0.2, -0.15) is 0 Å². The van der Waals surface area contributed by atoms with Gasteiger partial charge in [-0.1, -0.05) is 24.3 Å². The van der Waals surface area contributed by atoms with Crippen LogP contribution in [0.3, 0.4) is 0 Å². The highest BCUT2D eigenvalue weighted by molar-refractivity contribution is 5.33. The van der Waals surface area contributed by atoms with Crippen LogP contribution in [0.4, 0.5) is 0 Å². The lowest BCUT2D eigenvalue weighted by Crippen LogP contribution is -2.21. The molecular formula is C16H20N2O. The molecule has 0 spiro atoms. The van der Waals surface area contributed by atoms with Crippen LogP contribution in [0, 0.1) is 6.92 Å². The van der Waals surface area contributed by atoms with E-state index in [1.165, 1.54) is 11.1 Å². The lowest BCUT2D eigenvalue weighted by molar-refractivity contribution is 0.396. The number of rotatable bonds is 5. The summed E-state index contributed by atoms with van der Waals surface area (Å²) in [5.74, 6) is 0.829. The SMILES string of the molecule is CNC(Cc1ccccc1C)c1ncccc1OC. The van der Waals surface area contributed by atoms with Crippen LogP contribution in [-0.4, -0.2) is 19.1 Å². The molecule has 0 saturated heterocycles. The van der Waals surface area contributed by atoms with Crippen LogP contribution in [0.25, 0.3) is 0 Å². The molecule has 1 atom stereocenters. The molecule has 0 aliphatic rings. The van der Waals surface area contributed by atoms with E-state index >= 15 is 0 Å². The van der Waals surface area contributed by atoms with E-state index in [0.29, 0.717) is 0 Å². The Labute approximate surface area is 114 Å². The highest BCUT2D eigenvalue weighted by atomic mass is 16.5. The summed E-state index contributed by atoms with van der Waals surface area (Å²) >= 11 is 0. The fourth-order valence-corrected chi connectivity index (χ4v) is 2.23. The Morgan fingerprint density at radius 2 is 2.00 bits per heavy atom. The van der Waals surface area contributed by atoms with Gasteiger partial charge < -0.3 is 10.1 Å². The van der Waals surface area contributed by atoms with Crippen LogP contribution >= 0.6 is 0 Å². The van der Waals surface area contributed by atoms with Crippen molar-refractivity contribution >= 4 is 0 Å². The van der Waals surface area contributed by atoms with Gasteiger partial charge in [0, 0.05) is 6.20 Å². The van der Waals surface area contributed by atoms with Crippen LogP contribution in [0.1, 0.15) is 22.9 Å². The minimum Gasteiger partial charge on any atom is -0.495 e. The van der Waals surface area contributed by atoms with Gasteiger partial charge in [-0.15, -0.1) is 0 Å². The van der Waals surface area contributed by atoms with Crippen LogP contribution in [-0.2, 0) is 6.42 Å².